The van der Waals surface area contributed by atoms with E-state index in [4.69, 9.17) is 0 Å². The Morgan fingerprint density at radius 2 is 2.18 bits per heavy atom. The Labute approximate surface area is 98.0 Å². The third-order valence-corrected chi connectivity index (χ3v) is 2.97. The van der Waals surface area contributed by atoms with E-state index < -0.39 is 12.6 Å². The van der Waals surface area contributed by atoms with Gasteiger partial charge in [-0.25, -0.2) is 4.98 Å². The maximum absolute atomic E-state index is 12.0. The van der Waals surface area contributed by atoms with Crippen molar-refractivity contribution < 1.29 is 13.2 Å². The van der Waals surface area contributed by atoms with Gasteiger partial charge in [-0.15, -0.1) is 0 Å². The SMILES string of the molecule is FC(F)(F)CCCCn1cnc2c1CCNC2. The summed E-state index contributed by atoms with van der Waals surface area (Å²) in [6.07, 6.45) is -1.33. The summed E-state index contributed by atoms with van der Waals surface area (Å²) in [7, 11) is 0. The van der Waals surface area contributed by atoms with E-state index in [1.165, 1.54) is 5.69 Å². The second-order valence-corrected chi connectivity index (χ2v) is 4.33. The Balaban J connectivity index is 1.81. The standard InChI is InChI=1S/C11H16F3N3/c12-11(13,14)4-1-2-6-17-8-16-9-7-15-5-3-10(9)17/h8,15H,1-7H2. The fourth-order valence-corrected chi connectivity index (χ4v) is 2.10. The van der Waals surface area contributed by atoms with Gasteiger partial charge in [-0.05, 0) is 12.8 Å². The van der Waals surface area contributed by atoms with Crippen LogP contribution >= 0.6 is 0 Å². The fraction of sp³-hybridized carbons (Fsp3) is 0.727. The average molecular weight is 247 g/mol. The molecule has 6 heteroatoms. The van der Waals surface area contributed by atoms with Gasteiger partial charge in [0.05, 0.1) is 12.0 Å². The van der Waals surface area contributed by atoms with Crippen LogP contribution in [0.1, 0.15) is 30.7 Å². The first-order valence-corrected chi connectivity index (χ1v) is 5.86. The Kier molecular flexibility index (Phi) is 3.71. The number of hydrogen-bond acceptors (Lipinski definition) is 2. The number of rotatable bonds is 4. The zero-order valence-electron chi connectivity index (χ0n) is 9.56. The number of nitrogens with one attached hydrogen (secondary N) is 1. The summed E-state index contributed by atoms with van der Waals surface area (Å²) in [6.45, 7) is 2.32. The van der Waals surface area contributed by atoms with Gasteiger partial charge < -0.3 is 9.88 Å². The molecule has 96 valence electrons. The van der Waals surface area contributed by atoms with Crippen LogP contribution in [0.5, 0.6) is 0 Å². The molecule has 1 aromatic rings. The molecule has 0 saturated heterocycles. The van der Waals surface area contributed by atoms with Crippen LogP contribution in [0, 0.1) is 0 Å². The van der Waals surface area contributed by atoms with Crippen LogP contribution in [0.25, 0.3) is 0 Å². The van der Waals surface area contributed by atoms with Crippen LogP contribution in [0.2, 0.25) is 0 Å². The number of imidazole rings is 1. The highest BCUT2D eigenvalue weighted by Gasteiger charge is 2.25. The zero-order valence-corrected chi connectivity index (χ0v) is 9.56. The van der Waals surface area contributed by atoms with E-state index in [1.807, 2.05) is 4.57 Å². The van der Waals surface area contributed by atoms with Gasteiger partial charge in [0.2, 0.25) is 0 Å². The molecule has 0 unspecified atom stereocenters. The largest absolute Gasteiger partial charge is 0.389 e. The van der Waals surface area contributed by atoms with E-state index >= 15 is 0 Å². The van der Waals surface area contributed by atoms with Crippen molar-refractivity contribution in [2.45, 2.75) is 44.9 Å². The number of fused-ring (bicyclic) bond motifs is 1. The molecular formula is C11H16F3N3. The van der Waals surface area contributed by atoms with Gasteiger partial charge in [-0.1, -0.05) is 0 Å². The molecule has 0 bridgehead atoms. The van der Waals surface area contributed by atoms with Crippen molar-refractivity contribution >= 4 is 0 Å². The normalized spacial score (nSPS) is 15.9. The molecule has 0 atom stereocenters. The number of unbranched alkanes of at least 4 members (excludes halogenated alkanes) is 1. The summed E-state index contributed by atoms with van der Waals surface area (Å²) >= 11 is 0. The molecule has 3 nitrogen and oxygen atoms in total. The number of aromatic nitrogens is 2. The first-order valence-electron chi connectivity index (χ1n) is 5.86. The topological polar surface area (TPSA) is 29.9 Å². The van der Waals surface area contributed by atoms with Gasteiger partial charge in [0, 0.05) is 38.2 Å². The first kappa shape index (κ1) is 12.4. The van der Waals surface area contributed by atoms with E-state index in [0.717, 1.165) is 25.2 Å². The molecule has 0 amide bonds. The molecule has 1 N–H and O–H groups in total. The van der Waals surface area contributed by atoms with Gasteiger partial charge >= 0.3 is 6.18 Å². The molecule has 2 heterocycles. The third kappa shape index (κ3) is 3.46. The van der Waals surface area contributed by atoms with Crippen molar-refractivity contribution in [2.24, 2.45) is 0 Å². The minimum Gasteiger partial charge on any atom is -0.334 e. The Bertz CT molecular complexity index is 371. The molecule has 0 saturated carbocycles. The molecule has 1 aliphatic rings. The highest BCUT2D eigenvalue weighted by atomic mass is 19.4. The van der Waals surface area contributed by atoms with Crippen molar-refractivity contribution in [1.29, 1.82) is 0 Å². The maximum Gasteiger partial charge on any atom is 0.389 e. The lowest BCUT2D eigenvalue weighted by Crippen LogP contribution is -2.25. The van der Waals surface area contributed by atoms with E-state index in [2.05, 4.69) is 10.3 Å². The van der Waals surface area contributed by atoms with Crippen molar-refractivity contribution in [1.82, 2.24) is 14.9 Å². The maximum atomic E-state index is 12.0. The second kappa shape index (κ2) is 5.08. The van der Waals surface area contributed by atoms with Crippen LogP contribution < -0.4 is 5.32 Å². The van der Waals surface area contributed by atoms with Crippen LogP contribution in [0.4, 0.5) is 13.2 Å². The summed E-state index contributed by atoms with van der Waals surface area (Å²) in [5.41, 5.74) is 2.21. The molecule has 0 fully saturated rings. The lowest BCUT2D eigenvalue weighted by Gasteiger charge is -2.15. The van der Waals surface area contributed by atoms with Gasteiger partial charge in [-0.3, -0.25) is 0 Å². The molecule has 0 radical (unpaired) electrons. The third-order valence-electron chi connectivity index (χ3n) is 2.97. The van der Waals surface area contributed by atoms with Crippen LogP contribution in [-0.2, 0) is 19.5 Å². The lowest BCUT2D eigenvalue weighted by molar-refractivity contribution is -0.135. The number of hydrogen-bond donors (Lipinski definition) is 1. The predicted molar refractivity (Wildman–Crippen MR) is 57.5 cm³/mol. The second-order valence-electron chi connectivity index (χ2n) is 4.33. The number of aryl methyl sites for hydroxylation is 1. The molecule has 1 aromatic heterocycles. The van der Waals surface area contributed by atoms with Crippen molar-refractivity contribution in [3.63, 3.8) is 0 Å². The van der Waals surface area contributed by atoms with Crippen molar-refractivity contribution in [3.8, 4) is 0 Å². The van der Waals surface area contributed by atoms with Crippen molar-refractivity contribution in [3.05, 3.63) is 17.7 Å². The van der Waals surface area contributed by atoms with E-state index in [1.54, 1.807) is 6.33 Å². The highest BCUT2D eigenvalue weighted by molar-refractivity contribution is 5.16. The Morgan fingerprint density at radius 1 is 1.35 bits per heavy atom. The molecular weight excluding hydrogens is 231 g/mol. The monoisotopic (exact) mass is 247 g/mol. The smallest absolute Gasteiger partial charge is 0.334 e. The fourth-order valence-electron chi connectivity index (χ4n) is 2.10. The lowest BCUT2D eigenvalue weighted by atomic mass is 10.1. The Morgan fingerprint density at radius 3 is 2.94 bits per heavy atom. The van der Waals surface area contributed by atoms with E-state index in [9.17, 15) is 13.2 Å². The van der Waals surface area contributed by atoms with Crippen LogP contribution in [0.15, 0.2) is 6.33 Å². The summed E-state index contributed by atoms with van der Waals surface area (Å²) in [4.78, 5) is 4.26. The quantitative estimate of drug-likeness (QED) is 0.827. The molecule has 0 aromatic carbocycles. The zero-order chi connectivity index (χ0) is 12.3. The summed E-state index contributed by atoms with van der Waals surface area (Å²) in [5, 5.41) is 3.22. The van der Waals surface area contributed by atoms with Crippen LogP contribution in [-0.4, -0.2) is 22.3 Å². The average Bonchev–Trinajstić information content (AvgIpc) is 2.67. The summed E-state index contributed by atoms with van der Waals surface area (Å²) < 4.78 is 37.9. The van der Waals surface area contributed by atoms with E-state index in [0.29, 0.717) is 13.0 Å². The first-order chi connectivity index (χ1) is 8.06. The number of nitrogens with zero attached hydrogens (tertiary/aromatic N) is 2. The molecule has 17 heavy (non-hydrogen) atoms. The summed E-state index contributed by atoms with van der Waals surface area (Å²) in [5.74, 6) is 0. The number of alkyl halides is 3. The van der Waals surface area contributed by atoms with E-state index in [-0.39, 0.29) is 6.42 Å². The Hall–Kier alpha value is -1.04. The van der Waals surface area contributed by atoms with Crippen molar-refractivity contribution in [2.75, 3.05) is 6.54 Å². The van der Waals surface area contributed by atoms with Crippen LogP contribution in [0.3, 0.4) is 0 Å². The van der Waals surface area contributed by atoms with Gasteiger partial charge in [-0.2, -0.15) is 13.2 Å². The number of halogens is 3. The minimum atomic E-state index is -4.03. The molecule has 2 rings (SSSR count). The predicted octanol–water partition coefficient (Wildman–Crippen LogP) is 2.26. The molecule has 0 aliphatic carbocycles. The molecule has 0 spiro atoms. The summed E-state index contributed by atoms with van der Waals surface area (Å²) in [6, 6.07) is 0. The van der Waals surface area contributed by atoms with Gasteiger partial charge in [0.15, 0.2) is 0 Å². The van der Waals surface area contributed by atoms with Gasteiger partial charge in [0.25, 0.3) is 0 Å². The highest BCUT2D eigenvalue weighted by Crippen LogP contribution is 2.22. The molecule has 1 aliphatic heterocycles. The minimum absolute atomic E-state index is 0.189. The van der Waals surface area contributed by atoms with Gasteiger partial charge in [0.1, 0.15) is 0 Å².